The van der Waals surface area contributed by atoms with Gasteiger partial charge in [-0.25, -0.2) is 0 Å². The largest absolute Gasteiger partial charge is 0.454 e. The van der Waals surface area contributed by atoms with Crippen molar-refractivity contribution in [3.05, 3.63) is 59.7 Å². The van der Waals surface area contributed by atoms with Gasteiger partial charge >= 0.3 is 0 Å². The zero-order valence-electron chi connectivity index (χ0n) is 14.7. The molecule has 1 heterocycles. The Morgan fingerprint density at radius 2 is 1.92 bits per heavy atom. The minimum Gasteiger partial charge on any atom is -0.454 e. The van der Waals surface area contributed by atoms with E-state index in [1.165, 1.54) is 24.8 Å². The minimum absolute atomic E-state index is 0.169. The highest BCUT2D eigenvalue weighted by molar-refractivity contribution is 6.04. The summed E-state index contributed by atoms with van der Waals surface area (Å²) in [6, 6.07) is 6.07. The lowest BCUT2D eigenvalue weighted by Crippen LogP contribution is -2.00. The van der Waals surface area contributed by atoms with E-state index in [0.717, 1.165) is 49.2 Å². The summed E-state index contributed by atoms with van der Waals surface area (Å²) in [6.07, 6.45) is 18.5. The van der Waals surface area contributed by atoms with Crippen LogP contribution in [0, 0.1) is 0 Å². The van der Waals surface area contributed by atoms with E-state index < -0.39 is 0 Å². The van der Waals surface area contributed by atoms with Crippen molar-refractivity contribution in [2.24, 2.45) is 0 Å². The average molecular weight is 338 g/mol. The Hall–Kier alpha value is -2.29. The first-order chi connectivity index (χ1) is 12.3. The quantitative estimate of drug-likeness (QED) is 0.521. The van der Waals surface area contributed by atoms with Crippen LogP contribution in [0.2, 0.25) is 0 Å². The summed E-state index contributed by atoms with van der Waals surface area (Å²) in [4.78, 5) is 12.2. The summed E-state index contributed by atoms with van der Waals surface area (Å²) in [5.41, 5.74) is 2.22. The second-order valence-corrected chi connectivity index (χ2v) is 6.56. The molecule has 0 radical (unpaired) electrons. The standard InChI is InChI=1S/C22H26O3/c23-20(19-11-7-2-1-3-8-12-19)13-9-5-4-6-10-18-14-15-21-22(16-18)25-17-24-21/h4-5,9,11,13-16H,1-3,6-8,10,12,17H2. The minimum atomic E-state index is 0.169. The monoisotopic (exact) mass is 338 g/mol. The molecule has 0 saturated carbocycles. The van der Waals surface area contributed by atoms with Crippen LogP contribution in [-0.2, 0) is 11.2 Å². The van der Waals surface area contributed by atoms with E-state index in [1.54, 1.807) is 6.08 Å². The smallest absolute Gasteiger partial charge is 0.231 e. The van der Waals surface area contributed by atoms with Crippen LogP contribution in [0.1, 0.15) is 50.5 Å². The van der Waals surface area contributed by atoms with Crippen molar-refractivity contribution >= 4 is 5.78 Å². The molecule has 0 bridgehead atoms. The van der Waals surface area contributed by atoms with Crippen molar-refractivity contribution in [1.82, 2.24) is 0 Å². The van der Waals surface area contributed by atoms with Gasteiger partial charge < -0.3 is 9.47 Å². The number of ether oxygens (including phenoxy) is 2. The Morgan fingerprint density at radius 1 is 1.04 bits per heavy atom. The lowest BCUT2D eigenvalue weighted by molar-refractivity contribution is -0.111. The van der Waals surface area contributed by atoms with Crippen molar-refractivity contribution in [2.45, 2.75) is 51.4 Å². The fourth-order valence-electron chi connectivity index (χ4n) is 3.19. The third kappa shape index (κ3) is 5.35. The number of hydrogen-bond donors (Lipinski definition) is 0. The SMILES string of the molecule is O=C(C=CC=CCCc1ccc2c(c1)OCO2)C1=CCCCCCC1. The van der Waals surface area contributed by atoms with Gasteiger partial charge in [0.25, 0.3) is 0 Å². The Bertz CT molecular complexity index is 683. The molecule has 2 aliphatic rings. The normalized spacial score (nSPS) is 17.5. The average Bonchev–Trinajstić information content (AvgIpc) is 3.05. The number of carbonyl (C=O) groups excluding carboxylic acids is 1. The molecule has 3 heteroatoms. The lowest BCUT2D eigenvalue weighted by atomic mass is 9.97. The number of carbonyl (C=O) groups is 1. The first kappa shape index (κ1) is 17.5. The molecule has 0 saturated heterocycles. The van der Waals surface area contributed by atoms with E-state index in [2.05, 4.69) is 18.2 Å². The number of benzene rings is 1. The van der Waals surface area contributed by atoms with E-state index in [1.807, 2.05) is 24.3 Å². The third-order valence-electron chi connectivity index (χ3n) is 4.64. The van der Waals surface area contributed by atoms with Crippen molar-refractivity contribution in [3.8, 4) is 11.5 Å². The molecule has 3 nitrogen and oxygen atoms in total. The topological polar surface area (TPSA) is 35.5 Å². The van der Waals surface area contributed by atoms with Gasteiger partial charge in [0.05, 0.1) is 0 Å². The van der Waals surface area contributed by atoms with Crippen molar-refractivity contribution < 1.29 is 14.3 Å². The Kier molecular flexibility index (Phi) is 6.49. The number of rotatable bonds is 6. The van der Waals surface area contributed by atoms with E-state index >= 15 is 0 Å². The van der Waals surface area contributed by atoms with Crippen molar-refractivity contribution in [1.29, 1.82) is 0 Å². The Morgan fingerprint density at radius 3 is 2.88 bits per heavy atom. The molecule has 25 heavy (non-hydrogen) atoms. The maximum Gasteiger partial charge on any atom is 0.231 e. The zero-order chi connectivity index (χ0) is 17.3. The van der Waals surface area contributed by atoms with Gasteiger partial charge in [0.1, 0.15) is 0 Å². The van der Waals surface area contributed by atoms with Gasteiger partial charge in [-0.2, -0.15) is 0 Å². The number of allylic oxidation sites excluding steroid dienone is 6. The van der Waals surface area contributed by atoms with Gasteiger partial charge in [0.2, 0.25) is 6.79 Å². The van der Waals surface area contributed by atoms with Crippen LogP contribution in [-0.4, -0.2) is 12.6 Å². The molecule has 0 atom stereocenters. The number of fused-ring (bicyclic) bond motifs is 1. The summed E-state index contributed by atoms with van der Waals surface area (Å²) < 4.78 is 10.7. The lowest BCUT2D eigenvalue weighted by Gasteiger charge is -2.08. The summed E-state index contributed by atoms with van der Waals surface area (Å²) in [5.74, 6) is 1.83. The molecule has 0 N–H and O–H groups in total. The molecule has 1 aromatic carbocycles. The molecule has 3 rings (SSSR count). The maximum atomic E-state index is 12.2. The Labute approximate surface area is 150 Å². The van der Waals surface area contributed by atoms with E-state index in [-0.39, 0.29) is 5.78 Å². The number of hydrogen-bond acceptors (Lipinski definition) is 3. The van der Waals surface area contributed by atoms with Gasteiger partial charge in [0, 0.05) is 0 Å². The first-order valence-electron chi connectivity index (χ1n) is 9.28. The summed E-state index contributed by atoms with van der Waals surface area (Å²) in [7, 11) is 0. The maximum absolute atomic E-state index is 12.2. The van der Waals surface area contributed by atoms with Gasteiger partial charge in [-0.1, -0.05) is 43.2 Å². The predicted octanol–water partition coefficient (Wildman–Crippen LogP) is 5.31. The van der Waals surface area contributed by atoms with Crippen LogP contribution in [0.4, 0.5) is 0 Å². The molecule has 0 amide bonds. The summed E-state index contributed by atoms with van der Waals surface area (Å²) in [6.45, 7) is 0.313. The second-order valence-electron chi connectivity index (χ2n) is 6.56. The second kappa shape index (κ2) is 9.26. The third-order valence-corrected chi connectivity index (χ3v) is 4.64. The van der Waals surface area contributed by atoms with Crippen LogP contribution in [0.25, 0.3) is 0 Å². The highest BCUT2D eigenvalue weighted by atomic mass is 16.7. The molecule has 1 aliphatic heterocycles. The van der Waals surface area contributed by atoms with E-state index in [9.17, 15) is 4.79 Å². The van der Waals surface area contributed by atoms with E-state index in [4.69, 9.17) is 9.47 Å². The van der Waals surface area contributed by atoms with Crippen molar-refractivity contribution in [3.63, 3.8) is 0 Å². The zero-order valence-corrected chi connectivity index (χ0v) is 14.7. The fourth-order valence-corrected chi connectivity index (χ4v) is 3.19. The molecule has 0 unspecified atom stereocenters. The molecule has 1 aliphatic carbocycles. The first-order valence-corrected chi connectivity index (χ1v) is 9.28. The van der Waals surface area contributed by atoms with Crippen LogP contribution < -0.4 is 9.47 Å². The number of aryl methyl sites for hydroxylation is 1. The molecule has 1 aromatic rings. The van der Waals surface area contributed by atoms with Crippen LogP contribution in [0.15, 0.2) is 54.2 Å². The Balaban J connectivity index is 1.43. The highest BCUT2D eigenvalue weighted by Gasteiger charge is 2.12. The van der Waals surface area contributed by atoms with Crippen LogP contribution in [0.5, 0.6) is 11.5 Å². The molecular formula is C22H26O3. The molecule has 0 aromatic heterocycles. The van der Waals surface area contributed by atoms with Gasteiger partial charge in [-0.15, -0.1) is 0 Å². The van der Waals surface area contributed by atoms with Gasteiger partial charge in [-0.05, 0) is 67.9 Å². The van der Waals surface area contributed by atoms with Gasteiger partial charge in [0.15, 0.2) is 17.3 Å². The fraction of sp³-hybridized carbons (Fsp3) is 0.409. The molecule has 132 valence electrons. The molecule has 0 spiro atoms. The highest BCUT2D eigenvalue weighted by Crippen LogP contribution is 2.32. The van der Waals surface area contributed by atoms with E-state index in [0.29, 0.717) is 6.79 Å². The van der Waals surface area contributed by atoms with Gasteiger partial charge in [-0.3, -0.25) is 4.79 Å². The molecular weight excluding hydrogens is 312 g/mol. The summed E-state index contributed by atoms with van der Waals surface area (Å²) >= 11 is 0. The summed E-state index contributed by atoms with van der Waals surface area (Å²) in [5, 5.41) is 0. The predicted molar refractivity (Wildman–Crippen MR) is 100.0 cm³/mol. The molecule has 0 fully saturated rings. The number of ketones is 1. The van der Waals surface area contributed by atoms with Crippen LogP contribution >= 0.6 is 0 Å². The van der Waals surface area contributed by atoms with Crippen molar-refractivity contribution in [2.75, 3.05) is 6.79 Å². The van der Waals surface area contributed by atoms with Crippen LogP contribution in [0.3, 0.4) is 0 Å².